The van der Waals surface area contributed by atoms with Crippen molar-refractivity contribution < 1.29 is 13.2 Å². The Morgan fingerprint density at radius 2 is 1.31 bits per heavy atom. The number of para-hydroxylation sites is 2. The number of halogens is 3. The monoisotopic (exact) mass is 391 g/mol. The Labute approximate surface area is 167 Å². The van der Waals surface area contributed by atoms with Gasteiger partial charge in [-0.25, -0.2) is 0 Å². The van der Waals surface area contributed by atoms with Gasteiger partial charge < -0.3 is 4.57 Å². The second kappa shape index (κ2) is 8.05. The summed E-state index contributed by atoms with van der Waals surface area (Å²) in [5.74, 6) is 5.17. The van der Waals surface area contributed by atoms with E-state index < -0.39 is 18.5 Å². The predicted molar refractivity (Wildman–Crippen MR) is 112 cm³/mol. The van der Waals surface area contributed by atoms with E-state index in [9.17, 15) is 13.2 Å². The number of fused-ring (bicyclic) bond motifs is 3. The molecule has 4 aromatic rings. The molecule has 4 rings (SSSR count). The lowest BCUT2D eigenvalue weighted by Gasteiger charge is -2.13. The van der Waals surface area contributed by atoms with E-state index in [1.54, 1.807) is 0 Å². The molecule has 0 fully saturated rings. The molecule has 0 amide bonds. The maximum atomic E-state index is 13.1. The van der Waals surface area contributed by atoms with Crippen LogP contribution < -0.4 is 0 Å². The van der Waals surface area contributed by atoms with Crippen LogP contribution in [0, 0.1) is 17.8 Å². The van der Waals surface area contributed by atoms with Gasteiger partial charge in [0, 0.05) is 27.7 Å². The number of nitrogens with zero attached hydrogens (tertiary/aromatic N) is 1. The Balaban J connectivity index is 1.64. The van der Waals surface area contributed by atoms with E-state index in [2.05, 4.69) is 28.5 Å². The van der Waals surface area contributed by atoms with Crippen molar-refractivity contribution in [3.63, 3.8) is 0 Å². The van der Waals surface area contributed by atoms with Gasteiger partial charge in [-0.05, 0) is 24.1 Å². The summed E-state index contributed by atoms with van der Waals surface area (Å²) < 4.78 is 41.2. The summed E-state index contributed by atoms with van der Waals surface area (Å²) in [6.07, 6.45) is -4.84. The third kappa shape index (κ3) is 4.46. The fourth-order valence-corrected chi connectivity index (χ4v) is 3.79. The number of hydrogen-bond acceptors (Lipinski definition) is 0. The van der Waals surface area contributed by atoms with Crippen LogP contribution in [0.3, 0.4) is 0 Å². The van der Waals surface area contributed by atoms with E-state index in [1.807, 2.05) is 66.7 Å². The van der Waals surface area contributed by atoms with Crippen molar-refractivity contribution in [2.45, 2.75) is 25.6 Å². The number of alkyl halides is 3. The quantitative estimate of drug-likeness (QED) is 0.345. The van der Waals surface area contributed by atoms with Crippen molar-refractivity contribution in [3.8, 4) is 11.8 Å². The van der Waals surface area contributed by atoms with E-state index in [-0.39, 0.29) is 0 Å². The first kappa shape index (κ1) is 19.1. The molecule has 0 bridgehead atoms. The highest BCUT2D eigenvalue weighted by atomic mass is 19.4. The topological polar surface area (TPSA) is 4.93 Å². The first-order valence-corrected chi connectivity index (χ1v) is 9.56. The van der Waals surface area contributed by atoms with Crippen LogP contribution in [-0.4, -0.2) is 10.7 Å². The van der Waals surface area contributed by atoms with Crippen molar-refractivity contribution in [2.75, 3.05) is 0 Å². The van der Waals surface area contributed by atoms with Crippen LogP contribution in [0.4, 0.5) is 13.2 Å². The lowest BCUT2D eigenvalue weighted by Crippen LogP contribution is -2.16. The zero-order chi connectivity index (χ0) is 20.3. The minimum atomic E-state index is -4.24. The number of hydrogen-bond donors (Lipinski definition) is 0. The van der Waals surface area contributed by atoms with Gasteiger partial charge in [-0.1, -0.05) is 78.6 Å². The number of benzene rings is 3. The van der Waals surface area contributed by atoms with Gasteiger partial charge in [-0.15, -0.1) is 0 Å². The van der Waals surface area contributed by atoms with E-state index in [0.717, 1.165) is 27.4 Å². The first-order valence-electron chi connectivity index (χ1n) is 9.56. The molecule has 146 valence electrons. The minimum Gasteiger partial charge on any atom is -0.329 e. The molecule has 0 N–H and O–H groups in total. The average Bonchev–Trinajstić information content (AvgIpc) is 3.02. The molecule has 0 radical (unpaired) electrons. The minimum absolute atomic E-state index is 0.292. The zero-order valence-electron chi connectivity index (χ0n) is 15.8. The summed E-state index contributed by atoms with van der Waals surface area (Å²) in [5.41, 5.74) is 2.95. The number of rotatable bonds is 4. The molecule has 1 aromatic heterocycles. The molecule has 1 nitrogen and oxygen atoms in total. The smallest absolute Gasteiger partial charge is 0.329 e. The van der Waals surface area contributed by atoms with E-state index >= 15 is 0 Å². The molecule has 1 atom stereocenters. The van der Waals surface area contributed by atoms with Crippen LogP contribution in [-0.2, 0) is 13.0 Å². The molecule has 0 aliphatic heterocycles. The van der Waals surface area contributed by atoms with Crippen molar-refractivity contribution in [3.05, 3.63) is 84.4 Å². The van der Waals surface area contributed by atoms with Gasteiger partial charge in [-0.2, -0.15) is 13.2 Å². The SMILES string of the molecule is FC(F)(F)C[C@@H](C#CCn1c2ccccc2c2ccccc21)Cc1ccccc1. The maximum Gasteiger partial charge on any atom is 0.390 e. The van der Waals surface area contributed by atoms with Gasteiger partial charge in [0.25, 0.3) is 0 Å². The lowest BCUT2D eigenvalue weighted by atomic mass is 9.96. The largest absolute Gasteiger partial charge is 0.390 e. The van der Waals surface area contributed by atoms with Gasteiger partial charge in [-0.3, -0.25) is 0 Å². The molecule has 0 aliphatic rings. The predicted octanol–water partition coefficient (Wildman–Crippen LogP) is 6.61. The summed E-state index contributed by atoms with van der Waals surface area (Å²) in [6.45, 7) is 0.358. The van der Waals surface area contributed by atoms with E-state index in [1.165, 1.54) is 0 Å². The lowest BCUT2D eigenvalue weighted by molar-refractivity contribution is -0.140. The van der Waals surface area contributed by atoms with Crippen LogP contribution in [0.1, 0.15) is 12.0 Å². The summed E-state index contributed by atoms with van der Waals surface area (Å²) in [7, 11) is 0. The third-order valence-corrected chi connectivity index (χ3v) is 5.03. The van der Waals surface area contributed by atoms with Gasteiger partial charge in [0.05, 0.1) is 13.0 Å². The first-order chi connectivity index (χ1) is 14.0. The Bertz CT molecular complexity index is 1120. The van der Waals surface area contributed by atoms with Crippen molar-refractivity contribution in [1.29, 1.82) is 0 Å². The molecule has 0 aliphatic carbocycles. The second-order valence-electron chi connectivity index (χ2n) is 7.15. The molecule has 3 aromatic carbocycles. The second-order valence-corrected chi connectivity index (χ2v) is 7.15. The fraction of sp³-hybridized carbons (Fsp3) is 0.200. The number of aromatic nitrogens is 1. The van der Waals surface area contributed by atoms with Crippen LogP contribution in [0.25, 0.3) is 21.8 Å². The fourth-order valence-electron chi connectivity index (χ4n) is 3.79. The summed E-state index contributed by atoms with van der Waals surface area (Å²) in [6, 6.07) is 25.3. The standard InChI is InChI=1S/C25H20F3N/c26-25(27,28)18-20(17-19-9-2-1-3-10-19)11-8-16-29-23-14-6-4-12-21(23)22-13-5-7-15-24(22)29/h1-7,9-10,12-15,20H,16-18H2/t20-/m0/s1. The van der Waals surface area contributed by atoms with Crippen molar-refractivity contribution in [2.24, 2.45) is 5.92 Å². The summed E-state index contributed by atoms with van der Waals surface area (Å²) >= 11 is 0. The van der Waals surface area contributed by atoms with Crippen LogP contribution in [0.2, 0.25) is 0 Å². The van der Waals surface area contributed by atoms with E-state index in [0.29, 0.717) is 13.0 Å². The van der Waals surface area contributed by atoms with E-state index in [4.69, 9.17) is 0 Å². The van der Waals surface area contributed by atoms with Gasteiger partial charge in [0.15, 0.2) is 0 Å². The molecular weight excluding hydrogens is 371 g/mol. The molecule has 0 spiro atoms. The zero-order valence-corrected chi connectivity index (χ0v) is 15.8. The highest BCUT2D eigenvalue weighted by Crippen LogP contribution is 2.29. The van der Waals surface area contributed by atoms with Crippen molar-refractivity contribution >= 4 is 21.8 Å². The van der Waals surface area contributed by atoms with Gasteiger partial charge >= 0.3 is 6.18 Å². The molecular formula is C25H20F3N. The Hall–Kier alpha value is -3.19. The Morgan fingerprint density at radius 1 is 0.759 bits per heavy atom. The Kier molecular flexibility index (Phi) is 5.31. The van der Waals surface area contributed by atoms with Crippen LogP contribution in [0.15, 0.2) is 78.9 Å². The molecule has 0 saturated carbocycles. The summed E-state index contributed by atoms with van der Waals surface area (Å²) in [4.78, 5) is 0. The van der Waals surface area contributed by atoms with Gasteiger partial charge in [0.2, 0.25) is 0 Å². The summed E-state index contributed by atoms with van der Waals surface area (Å²) in [5, 5.41) is 2.25. The van der Waals surface area contributed by atoms with Crippen LogP contribution in [0.5, 0.6) is 0 Å². The maximum absolute atomic E-state index is 13.1. The van der Waals surface area contributed by atoms with Crippen molar-refractivity contribution in [1.82, 2.24) is 4.57 Å². The molecule has 29 heavy (non-hydrogen) atoms. The molecule has 0 saturated heterocycles. The molecule has 4 heteroatoms. The highest BCUT2D eigenvalue weighted by Gasteiger charge is 2.31. The molecule has 0 unspecified atom stereocenters. The highest BCUT2D eigenvalue weighted by molar-refractivity contribution is 6.08. The normalized spacial score (nSPS) is 12.7. The van der Waals surface area contributed by atoms with Gasteiger partial charge in [0.1, 0.15) is 0 Å². The van der Waals surface area contributed by atoms with Crippen LogP contribution >= 0.6 is 0 Å². The third-order valence-electron chi connectivity index (χ3n) is 5.03. The Morgan fingerprint density at radius 3 is 1.90 bits per heavy atom. The average molecular weight is 391 g/mol. The molecule has 1 heterocycles.